The molecule has 0 spiro atoms. The van der Waals surface area contributed by atoms with E-state index in [1.807, 2.05) is 24.1 Å². The van der Waals surface area contributed by atoms with E-state index in [1.54, 1.807) is 7.11 Å². The van der Waals surface area contributed by atoms with Gasteiger partial charge in [0.2, 0.25) is 0 Å². The molecule has 3 heterocycles. The maximum Gasteiger partial charge on any atom is 0.251 e. The summed E-state index contributed by atoms with van der Waals surface area (Å²) in [5, 5.41) is 3.62. The Morgan fingerprint density at radius 3 is 2.50 bits per heavy atom. The molecule has 32 heavy (non-hydrogen) atoms. The molecule has 3 fully saturated rings. The lowest BCUT2D eigenvalue weighted by Crippen LogP contribution is -2.55. The Kier molecular flexibility index (Phi) is 7.86. The number of piperazine rings is 1. The molecule has 2 atom stereocenters. The molecule has 0 aromatic heterocycles. The minimum atomic E-state index is -0.235. The van der Waals surface area contributed by atoms with Crippen LogP contribution in [0.4, 0.5) is 0 Å². The molecular formula is C24H37N5O3. The Bertz CT molecular complexity index is 782. The van der Waals surface area contributed by atoms with Gasteiger partial charge in [0, 0.05) is 51.9 Å². The number of para-hydroxylation sites is 1. The van der Waals surface area contributed by atoms with Gasteiger partial charge in [0.05, 0.1) is 13.2 Å². The van der Waals surface area contributed by atoms with Gasteiger partial charge in [-0.15, -0.1) is 0 Å². The van der Waals surface area contributed by atoms with Gasteiger partial charge in [-0.2, -0.15) is 0 Å². The number of nitrogens with one attached hydrogen (secondary N) is 1. The second-order valence-electron chi connectivity index (χ2n) is 8.74. The molecule has 1 amide bonds. The van der Waals surface area contributed by atoms with E-state index >= 15 is 0 Å². The Morgan fingerprint density at radius 2 is 1.84 bits per heavy atom. The molecule has 1 aromatic rings. The zero-order chi connectivity index (χ0) is 22.3. The van der Waals surface area contributed by atoms with E-state index in [9.17, 15) is 4.79 Å². The van der Waals surface area contributed by atoms with Crippen LogP contribution in [0.5, 0.6) is 5.75 Å². The summed E-state index contributed by atoms with van der Waals surface area (Å²) in [5.74, 6) is 1.98. The summed E-state index contributed by atoms with van der Waals surface area (Å²) < 4.78 is 11.3. The Labute approximate surface area is 191 Å². The molecule has 0 saturated carbocycles. The van der Waals surface area contributed by atoms with Crippen LogP contribution >= 0.6 is 0 Å². The van der Waals surface area contributed by atoms with Gasteiger partial charge in [-0.25, -0.2) is 0 Å². The third-order valence-electron chi connectivity index (χ3n) is 6.84. The molecule has 3 saturated heterocycles. The van der Waals surface area contributed by atoms with E-state index in [0.29, 0.717) is 19.7 Å². The summed E-state index contributed by atoms with van der Waals surface area (Å²) in [4.78, 5) is 23.9. The van der Waals surface area contributed by atoms with Crippen LogP contribution in [0, 0.1) is 0 Å². The van der Waals surface area contributed by atoms with Gasteiger partial charge in [-0.05, 0) is 44.8 Å². The van der Waals surface area contributed by atoms with Crippen molar-refractivity contribution in [3.8, 4) is 5.75 Å². The van der Waals surface area contributed by atoms with Crippen LogP contribution in [0.3, 0.4) is 0 Å². The molecule has 1 aromatic carbocycles. The first-order valence-electron chi connectivity index (χ1n) is 11.9. The number of benzene rings is 1. The van der Waals surface area contributed by atoms with Crippen LogP contribution in [-0.2, 0) is 9.53 Å². The molecule has 3 aliphatic rings. The SMILES string of the molecule is CN=C(NCC(c1ccccc1OC)N1CCCC1)N1CCN(C(=O)C2CCCO2)CC1. The summed E-state index contributed by atoms with van der Waals surface area (Å²) in [6.07, 6.45) is 4.07. The predicted molar refractivity (Wildman–Crippen MR) is 125 cm³/mol. The highest BCUT2D eigenvalue weighted by atomic mass is 16.5. The summed E-state index contributed by atoms with van der Waals surface area (Å²) in [6, 6.07) is 8.54. The van der Waals surface area contributed by atoms with E-state index in [1.165, 1.54) is 18.4 Å². The van der Waals surface area contributed by atoms with Gasteiger partial charge in [0.15, 0.2) is 5.96 Å². The molecule has 0 bridgehead atoms. The van der Waals surface area contributed by atoms with Gasteiger partial charge in [-0.1, -0.05) is 18.2 Å². The van der Waals surface area contributed by atoms with Crippen molar-refractivity contribution in [1.29, 1.82) is 0 Å². The number of carbonyl (C=O) groups is 1. The van der Waals surface area contributed by atoms with Crippen LogP contribution in [0.25, 0.3) is 0 Å². The number of guanidine groups is 1. The number of amides is 1. The summed E-state index contributed by atoms with van der Waals surface area (Å²) in [6.45, 7) is 6.66. The van der Waals surface area contributed by atoms with Crippen molar-refractivity contribution in [2.45, 2.75) is 37.8 Å². The number of rotatable bonds is 6. The fourth-order valence-corrected chi connectivity index (χ4v) is 5.07. The number of nitrogens with zero attached hydrogens (tertiary/aromatic N) is 4. The van der Waals surface area contributed by atoms with Crippen LogP contribution in [0.1, 0.15) is 37.3 Å². The minimum Gasteiger partial charge on any atom is -0.496 e. The third-order valence-corrected chi connectivity index (χ3v) is 6.84. The van der Waals surface area contributed by atoms with Crippen molar-refractivity contribution in [2.24, 2.45) is 4.99 Å². The second kappa shape index (κ2) is 11.0. The molecule has 176 valence electrons. The zero-order valence-electron chi connectivity index (χ0n) is 19.5. The second-order valence-corrected chi connectivity index (χ2v) is 8.74. The quantitative estimate of drug-likeness (QED) is 0.534. The highest BCUT2D eigenvalue weighted by molar-refractivity contribution is 5.82. The number of ether oxygens (including phenoxy) is 2. The molecule has 8 nitrogen and oxygen atoms in total. The molecule has 2 unspecified atom stereocenters. The fourth-order valence-electron chi connectivity index (χ4n) is 5.07. The lowest BCUT2D eigenvalue weighted by atomic mass is 10.0. The van der Waals surface area contributed by atoms with Gasteiger partial charge >= 0.3 is 0 Å². The van der Waals surface area contributed by atoms with Gasteiger partial charge in [0.25, 0.3) is 5.91 Å². The van der Waals surface area contributed by atoms with Gasteiger partial charge in [0.1, 0.15) is 11.9 Å². The van der Waals surface area contributed by atoms with E-state index in [4.69, 9.17) is 9.47 Å². The topological polar surface area (TPSA) is 69.6 Å². The summed E-state index contributed by atoms with van der Waals surface area (Å²) >= 11 is 0. The van der Waals surface area contributed by atoms with Crippen molar-refractivity contribution >= 4 is 11.9 Å². The normalized spacial score (nSPS) is 23.4. The zero-order valence-corrected chi connectivity index (χ0v) is 19.5. The molecule has 0 aliphatic carbocycles. The van der Waals surface area contributed by atoms with Crippen LogP contribution in [-0.4, -0.2) is 99.2 Å². The Balaban J connectivity index is 1.36. The molecule has 4 rings (SSSR count). The van der Waals surface area contributed by atoms with E-state index in [2.05, 4.69) is 32.2 Å². The average molecular weight is 444 g/mol. The minimum absolute atomic E-state index is 0.148. The van der Waals surface area contributed by atoms with Crippen molar-refractivity contribution in [2.75, 3.05) is 66.6 Å². The maximum atomic E-state index is 12.6. The number of aliphatic imine (C=N–C) groups is 1. The molecule has 8 heteroatoms. The number of carbonyl (C=O) groups excluding carboxylic acids is 1. The Hall–Kier alpha value is -2.32. The summed E-state index contributed by atoms with van der Waals surface area (Å²) in [5.41, 5.74) is 1.21. The van der Waals surface area contributed by atoms with Crippen molar-refractivity contribution in [1.82, 2.24) is 20.0 Å². The van der Waals surface area contributed by atoms with Gasteiger partial charge in [-0.3, -0.25) is 14.7 Å². The van der Waals surface area contributed by atoms with Gasteiger partial charge < -0.3 is 24.6 Å². The largest absolute Gasteiger partial charge is 0.496 e. The van der Waals surface area contributed by atoms with E-state index in [-0.39, 0.29) is 18.1 Å². The first-order chi connectivity index (χ1) is 15.7. The summed E-state index contributed by atoms with van der Waals surface area (Å²) in [7, 11) is 3.57. The van der Waals surface area contributed by atoms with Crippen molar-refractivity contribution in [3.63, 3.8) is 0 Å². The number of methoxy groups -OCH3 is 1. The highest BCUT2D eigenvalue weighted by Crippen LogP contribution is 2.31. The maximum absolute atomic E-state index is 12.6. The lowest BCUT2D eigenvalue weighted by Gasteiger charge is -2.38. The first kappa shape index (κ1) is 22.9. The van der Waals surface area contributed by atoms with Crippen LogP contribution in [0.15, 0.2) is 29.3 Å². The average Bonchev–Trinajstić information content (AvgIpc) is 3.57. The number of hydrogen-bond donors (Lipinski definition) is 1. The number of likely N-dealkylation sites (tertiary alicyclic amines) is 1. The predicted octanol–water partition coefficient (Wildman–Crippen LogP) is 1.73. The third kappa shape index (κ3) is 5.18. The molecule has 1 N–H and O–H groups in total. The standard InChI is InChI=1S/C24H37N5O3/c1-25-24(29-15-13-28(14-16-29)23(30)22-10-7-17-32-22)26-18-20(27-11-5-6-12-27)19-8-3-4-9-21(19)31-2/h3-4,8-9,20,22H,5-7,10-18H2,1-2H3,(H,25,26). The van der Waals surface area contributed by atoms with Crippen molar-refractivity contribution in [3.05, 3.63) is 29.8 Å². The number of hydrogen-bond acceptors (Lipinski definition) is 5. The smallest absolute Gasteiger partial charge is 0.251 e. The monoisotopic (exact) mass is 443 g/mol. The highest BCUT2D eigenvalue weighted by Gasteiger charge is 2.31. The first-order valence-corrected chi connectivity index (χ1v) is 11.9. The molecular weight excluding hydrogens is 406 g/mol. The van der Waals surface area contributed by atoms with E-state index in [0.717, 1.165) is 57.3 Å². The fraction of sp³-hybridized carbons (Fsp3) is 0.667. The van der Waals surface area contributed by atoms with Crippen LogP contribution < -0.4 is 10.1 Å². The molecule has 3 aliphatic heterocycles. The van der Waals surface area contributed by atoms with E-state index < -0.39 is 0 Å². The van der Waals surface area contributed by atoms with Crippen LogP contribution in [0.2, 0.25) is 0 Å². The Morgan fingerprint density at radius 1 is 1.12 bits per heavy atom. The lowest BCUT2D eigenvalue weighted by molar-refractivity contribution is -0.142. The van der Waals surface area contributed by atoms with Crippen molar-refractivity contribution < 1.29 is 14.3 Å². The molecule has 0 radical (unpaired) electrons.